The Bertz CT molecular complexity index is 1100. The van der Waals surface area contributed by atoms with Gasteiger partial charge in [0.05, 0.1) is 0 Å². The Hall–Kier alpha value is -3.21. The highest BCUT2D eigenvalue weighted by molar-refractivity contribution is 5.99. The Morgan fingerprint density at radius 3 is 2.59 bits per heavy atom. The van der Waals surface area contributed by atoms with Gasteiger partial charge in [-0.25, -0.2) is 4.79 Å². The average Bonchev–Trinajstić information content (AvgIpc) is 2.71. The van der Waals surface area contributed by atoms with E-state index >= 15 is 0 Å². The molecule has 4 rings (SSSR count). The summed E-state index contributed by atoms with van der Waals surface area (Å²) in [5, 5.41) is 0.499. The Morgan fingerprint density at radius 1 is 0.963 bits per heavy atom. The first-order valence-electron chi connectivity index (χ1n) is 9.06. The molecule has 5 heteroatoms. The average molecular weight is 361 g/mol. The van der Waals surface area contributed by atoms with E-state index in [9.17, 15) is 14.4 Å². The van der Waals surface area contributed by atoms with Crippen molar-refractivity contribution < 1.29 is 14.3 Å². The normalized spacial score (nSPS) is 13.2. The minimum atomic E-state index is -0.718. The van der Waals surface area contributed by atoms with Gasteiger partial charge in [-0.3, -0.25) is 9.59 Å². The second-order valence-corrected chi connectivity index (χ2v) is 6.78. The van der Waals surface area contributed by atoms with E-state index in [1.807, 2.05) is 12.1 Å². The van der Waals surface area contributed by atoms with Crippen LogP contribution in [0.4, 0.5) is 0 Å². The Kier molecular flexibility index (Phi) is 4.59. The molecule has 0 spiro atoms. The van der Waals surface area contributed by atoms with Gasteiger partial charge in [-0.05, 0) is 55.0 Å². The molecule has 136 valence electrons. The van der Waals surface area contributed by atoms with E-state index in [1.165, 1.54) is 23.6 Å². The molecule has 2 aromatic carbocycles. The van der Waals surface area contributed by atoms with Gasteiger partial charge in [0.1, 0.15) is 5.69 Å². The third kappa shape index (κ3) is 3.53. The first kappa shape index (κ1) is 17.2. The SMILES string of the molecule is O=C(COC(=O)c1cc(=O)c2ccccc2[nH]1)c1ccc2c(c1)CCCC2. The standard InChI is InChI=1S/C22H19NO4/c24-20-12-19(23-18-8-4-3-7-17(18)20)22(26)27-13-21(25)16-10-9-14-5-1-2-6-15(14)11-16/h3-4,7-12H,1-2,5-6,13H2,(H,23,24). The highest BCUT2D eigenvalue weighted by atomic mass is 16.5. The number of hydrogen-bond acceptors (Lipinski definition) is 4. The topological polar surface area (TPSA) is 76.2 Å². The van der Waals surface area contributed by atoms with E-state index in [4.69, 9.17) is 4.74 Å². The zero-order valence-electron chi connectivity index (χ0n) is 14.8. The van der Waals surface area contributed by atoms with Crippen LogP contribution >= 0.6 is 0 Å². The molecule has 1 N–H and O–H groups in total. The predicted molar refractivity (Wildman–Crippen MR) is 102 cm³/mol. The van der Waals surface area contributed by atoms with Crippen LogP contribution < -0.4 is 5.43 Å². The number of carbonyl (C=O) groups excluding carboxylic acids is 2. The van der Waals surface area contributed by atoms with Crippen molar-refractivity contribution in [1.82, 2.24) is 4.98 Å². The fraction of sp³-hybridized carbons (Fsp3) is 0.227. The number of fused-ring (bicyclic) bond motifs is 2. The maximum atomic E-state index is 12.4. The third-order valence-corrected chi connectivity index (χ3v) is 4.96. The van der Waals surface area contributed by atoms with Crippen molar-refractivity contribution in [3.05, 3.63) is 81.1 Å². The molecule has 1 aliphatic rings. The van der Waals surface area contributed by atoms with Crippen LogP contribution in [0.25, 0.3) is 10.9 Å². The van der Waals surface area contributed by atoms with E-state index in [0.717, 1.165) is 19.3 Å². The number of Topliss-reactive ketones (excluding diaryl/α,β-unsaturated/α-hetero) is 1. The molecule has 0 aliphatic heterocycles. The number of rotatable bonds is 4. The first-order valence-corrected chi connectivity index (χ1v) is 9.06. The minimum absolute atomic E-state index is 0.0388. The van der Waals surface area contributed by atoms with Crippen molar-refractivity contribution in [3.63, 3.8) is 0 Å². The number of para-hydroxylation sites is 1. The van der Waals surface area contributed by atoms with Crippen LogP contribution in [0.3, 0.4) is 0 Å². The van der Waals surface area contributed by atoms with Crippen molar-refractivity contribution in [2.24, 2.45) is 0 Å². The summed E-state index contributed by atoms with van der Waals surface area (Å²) in [4.78, 5) is 39.7. The van der Waals surface area contributed by atoms with Crippen LogP contribution in [0.5, 0.6) is 0 Å². The number of hydrogen-bond donors (Lipinski definition) is 1. The van der Waals surface area contributed by atoms with Gasteiger partial charge < -0.3 is 9.72 Å². The molecule has 27 heavy (non-hydrogen) atoms. The van der Waals surface area contributed by atoms with Crippen LogP contribution in [0.1, 0.15) is 44.8 Å². The number of aromatic nitrogens is 1. The zero-order chi connectivity index (χ0) is 18.8. The number of aromatic amines is 1. The summed E-state index contributed by atoms with van der Waals surface area (Å²) in [5.74, 6) is -0.968. The lowest BCUT2D eigenvalue weighted by Crippen LogP contribution is -2.17. The number of H-pyrrole nitrogens is 1. The molecule has 3 aromatic rings. The molecular formula is C22H19NO4. The summed E-state index contributed by atoms with van der Waals surface area (Å²) in [6.45, 7) is -0.355. The van der Waals surface area contributed by atoms with Crippen molar-refractivity contribution >= 4 is 22.7 Å². The van der Waals surface area contributed by atoms with Crippen LogP contribution in [-0.4, -0.2) is 23.3 Å². The second kappa shape index (κ2) is 7.19. The van der Waals surface area contributed by atoms with E-state index in [2.05, 4.69) is 4.98 Å². The summed E-state index contributed by atoms with van der Waals surface area (Å²) in [5.41, 5.74) is 3.38. The van der Waals surface area contributed by atoms with Crippen LogP contribution in [0.2, 0.25) is 0 Å². The quantitative estimate of drug-likeness (QED) is 0.570. The molecule has 0 atom stereocenters. The highest BCUT2D eigenvalue weighted by Crippen LogP contribution is 2.22. The maximum Gasteiger partial charge on any atom is 0.355 e. The third-order valence-electron chi connectivity index (χ3n) is 4.96. The van der Waals surface area contributed by atoms with Gasteiger partial charge in [-0.1, -0.05) is 24.3 Å². The lowest BCUT2D eigenvalue weighted by molar-refractivity contribution is 0.0469. The van der Waals surface area contributed by atoms with Crippen LogP contribution in [0.15, 0.2) is 53.3 Å². The first-order chi connectivity index (χ1) is 13.1. The summed E-state index contributed by atoms with van der Waals surface area (Å²) in [7, 11) is 0. The van der Waals surface area contributed by atoms with Gasteiger partial charge >= 0.3 is 5.97 Å². The minimum Gasteiger partial charge on any atom is -0.453 e. The zero-order valence-corrected chi connectivity index (χ0v) is 14.8. The van der Waals surface area contributed by atoms with Gasteiger partial charge in [0, 0.05) is 22.5 Å². The maximum absolute atomic E-state index is 12.4. The molecule has 0 amide bonds. The number of aryl methyl sites for hydroxylation is 2. The number of ketones is 1. The molecule has 1 aliphatic carbocycles. The van der Waals surface area contributed by atoms with Crippen molar-refractivity contribution in [2.75, 3.05) is 6.61 Å². The number of carbonyl (C=O) groups is 2. The molecule has 1 heterocycles. The highest BCUT2D eigenvalue weighted by Gasteiger charge is 2.16. The Balaban J connectivity index is 1.47. The fourth-order valence-corrected chi connectivity index (χ4v) is 3.51. The van der Waals surface area contributed by atoms with Gasteiger partial charge in [0.15, 0.2) is 17.8 Å². The summed E-state index contributed by atoms with van der Waals surface area (Å²) >= 11 is 0. The van der Waals surface area contributed by atoms with Gasteiger partial charge in [0.25, 0.3) is 0 Å². The van der Waals surface area contributed by atoms with Crippen molar-refractivity contribution in [1.29, 1.82) is 0 Å². The van der Waals surface area contributed by atoms with E-state index < -0.39 is 5.97 Å². The number of benzene rings is 2. The molecule has 0 unspecified atom stereocenters. The number of nitrogens with one attached hydrogen (secondary N) is 1. The molecule has 1 aromatic heterocycles. The van der Waals surface area contributed by atoms with Crippen LogP contribution in [0, 0.1) is 0 Å². The molecule has 0 saturated heterocycles. The lowest BCUT2D eigenvalue weighted by Gasteiger charge is -2.16. The predicted octanol–water partition coefficient (Wildman–Crippen LogP) is 3.45. The van der Waals surface area contributed by atoms with Crippen molar-refractivity contribution in [3.8, 4) is 0 Å². The lowest BCUT2D eigenvalue weighted by atomic mass is 9.90. The smallest absolute Gasteiger partial charge is 0.355 e. The largest absolute Gasteiger partial charge is 0.453 e. The molecule has 0 bridgehead atoms. The second-order valence-electron chi connectivity index (χ2n) is 6.78. The number of pyridine rings is 1. The van der Waals surface area contributed by atoms with E-state index in [1.54, 1.807) is 30.3 Å². The number of esters is 1. The molecule has 0 radical (unpaired) electrons. The molecular weight excluding hydrogens is 342 g/mol. The molecule has 0 saturated carbocycles. The Morgan fingerprint density at radius 2 is 1.74 bits per heavy atom. The number of ether oxygens (including phenoxy) is 1. The fourth-order valence-electron chi connectivity index (χ4n) is 3.51. The molecule has 5 nitrogen and oxygen atoms in total. The summed E-state index contributed by atoms with van der Waals surface area (Å²) in [6.07, 6.45) is 4.35. The van der Waals surface area contributed by atoms with E-state index in [-0.39, 0.29) is 23.5 Å². The monoisotopic (exact) mass is 361 g/mol. The van der Waals surface area contributed by atoms with Gasteiger partial charge in [-0.2, -0.15) is 0 Å². The summed E-state index contributed by atoms with van der Waals surface area (Å²) < 4.78 is 5.13. The van der Waals surface area contributed by atoms with Gasteiger partial charge in [-0.15, -0.1) is 0 Å². The van der Waals surface area contributed by atoms with E-state index in [0.29, 0.717) is 16.5 Å². The van der Waals surface area contributed by atoms with Gasteiger partial charge in [0.2, 0.25) is 0 Å². The summed E-state index contributed by atoms with van der Waals surface area (Å²) in [6, 6.07) is 13.8. The molecule has 0 fully saturated rings. The van der Waals surface area contributed by atoms with Crippen molar-refractivity contribution in [2.45, 2.75) is 25.7 Å². The van der Waals surface area contributed by atoms with Crippen LogP contribution in [-0.2, 0) is 17.6 Å². The Labute approximate surface area is 156 Å².